The highest BCUT2D eigenvalue weighted by Gasteiger charge is 2.35. The van der Waals surface area contributed by atoms with Gasteiger partial charge < -0.3 is 25.5 Å². The molecule has 7 nitrogen and oxygen atoms in total. The normalized spacial score (nSPS) is 16.6. The minimum atomic E-state index is -2.10. The maximum Gasteiger partial charge on any atom is 0.232 e. The molecule has 0 heterocycles. The lowest BCUT2D eigenvalue weighted by molar-refractivity contribution is -0.153. The Morgan fingerprint density at radius 1 is 0.739 bits per heavy atom. The molecule has 0 bridgehead atoms. The SMILES string of the molecule is CCCCCCCCCC(O)C(O)C(=O)C(=O)[C@H](O)[C@@H](O)CO. The van der Waals surface area contributed by atoms with Crippen molar-refractivity contribution in [1.29, 1.82) is 0 Å². The predicted molar refractivity (Wildman–Crippen MR) is 83.7 cm³/mol. The lowest BCUT2D eigenvalue weighted by Crippen LogP contribution is -2.47. The first kappa shape index (κ1) is 22.1. The average molecular weight is 334 g/mol. The van der Waals surface area contributed by atoms with Gasteiger partial charge in [-0.2, -0.15) is 0 Å². The summed E-state index contributed by atoms with van der Waals surface area (Å²) in [5, 5.41) is 46.5. The van der Waals surface area contributed by atoms with Gasteiger partial charge in [-0.3, -0.25) is 9.59 Å². The predicted octanol–water partition coefficient (Wildman–Crippen LogP) is -0.299. The lowest BCUT2D eigenvalue weighted by atomic mass is 9.97. The molecule has 2 unspecified atom stereocenters. The van der Waals surface area contributed by atoms with E-state index < -0.39 is 42.6 Å². The first-order chi connectivity index (χ1) is 10.9. The first-order valence-electron chi connectivity index (χ1n) is 8.27. The molecule has 0 aliphatic carbocycles. The average Bonchev–Trinajstić information content (AvgIpc) is 2.57. The zero-order valence-corrected chi connectivity index (χ0v) is 13.7. The van der Waals surface area contributed by atoms with E-state index in [9.17, 15) is 24.9 Å². The molecule has 0 saturated heterocycles. The molecule has 0 saturated carbocycles. The minimum absolute atomic E-state index is 0.173. The van der Waals surface area contributed by atoms with Gasteiger partial charge in [0.2, 0.25) is 11.6 Å². The van der Waals surface area contributed by atoms with Crippen LogP contribution in [-0.2, 0) is 9.59 Å². The zero-order chi connectivity index (χ0) is 17.8. The molecular formula is C16H30O7. The third-order valence-electron chi connectivity index (χ3n) is 3.80. The summed E-state index contributed by atoms with van der Waals surface area (Å²) in [7, 11) is 0. The van der Waals surface area contributed by atoms with Gasteiger partial charge in [0, 0.05) is 0 Å². The van der Waals surface area contributed by atoms with Crippen molar-refractivity contribution in [3.63, 3.8) is 0 Å². The van der Waals surface area contributed by atoms with Gasteiger partial charge in [-0.1, -0.05) is 51.9 Å². The quantitative estimate of drug-likeness (QED) is 0.217. The van der Waals surface area contributed by atoms with E-state index in [4.69, 9.17) is 10.2 Å². The number of aliphatic hydroxyl groups excluding tert-OH is 5. The molecule has 0 amide bonds. The second-order valence-electron chi connectivity index (χ2n) is 5.85. The van der Waals surface area contributed by atoms with Gasteiger partial charge in [0.15, 0.2) is 0 Å². The van der Waals surface area contributed by atoms with Crippen molar-refractivity contribution >= 4 is 11.6 Å². The van der Waals surface area contributed by atoms with E-state index >= 15 is 0 Å². The third kappa shape index (κ3) is 8.53. The molecule has 23 heavy (non-hydrogen) atoms. The number of hydrogen-bond acceptors (Lipinski definition) is 7. The molecule has 5 N–H and O–H groups in total. The van der Waals surface area contributed by atoms with Gasteiger partial charge in [-0.25, -0.2) is 0 Å². The van der Waals surface area contributed by atoms with Crippen LogP contribution in [0.3, 0.4) is 0 Å². The molecule has 0 radical (unpaired) electrons. The number of Topliss-reactive ketones (excluding diaryl/α,β-unsaturated/α-hetero) is 2. The van der Waals surface area contributed by atoms with Crippen molar-refractivity contribution in [2.75, 3.05) is 6.61 Å². The molecule has 4 atom stereocenters. The molecule has 0 aliphatic heterocycles. The summed E-state index contributed by atoms with van der Waals surface area (Å²) in [5.41, 5.74) is 0. The van der Waals surface area contributed by atoms with Gasteiger partial charge >= 0.3 is 0 Å². The molecule has 7 heteroatoms. The van der Waals surface area contributed by atoms with Crippen molar-refractivity contribution in [2.24, 2.45) is 0 Å². The molecule has 0 aromatic rings. The van der Waals surface area contributed by atoms with Crippen LogP contribution in [-0.4, -0.2) is 68.1 Å². The number of carbonyl (C=O) groups excluding carboxylic acids is 2. The highest BCUT2D eigenvalue weighted by molar-refractivity contribution is 6.40. The smallest absolute Gasteiger partial charge is 0.232 e. The topological polar surface area (TPSA) is 135 Å². The van der Waals surface area contributed by atoms with Gasteiger partial charge in [-0.15, -0.1) is 0 Å². The van der Waals surface area contributed by atoms with Crippen LogP contribution in [0.2, 0.25) is 0 Å². The Balaban J connectivity index is 4.10. The number of carbonyl (C=O) groups is 2. The van der Waals surface area contributed by atoms with Crippen LogP contribution in [0, 0.1) is 0 Å². The Morgan fingerprint density at radius 3 is 1.65 bits per heavy atom. The van der Waals surface area contributed by atoms with Gasteiger partial charge in [0.1, 0.15) is 18.3 Å². The van der Waals surface area contributed by atoms with Gasteiger partial charge in [0.25, 0.3) is 0 Å². The molecule has 0 aromatic heterocycles. The van der Waals surface area contributed by atoms with E-state index in [1.807, 2.05) is 0 Å². The van der Waals surface area contributed by atoms with E-state index in [0.29, 0.717) is 6.42 Å². The maximum atomic E-state index is 11.6. The maximum absolute atomic E-state index is 11.6. The number of rotatable bonds is 14. The Morgan fingerprint density at radius 2 is 1.17 bits per heavy atom. The summed E-state index contributed by atoms with van der Waals surface area (Å²) in [6.07, 6.45) is 0.0847. The summed E-state index contributed by atoms with van der Waals surface area (Å²) < 4.78 is 0. The van der Waals surface area contributed by atoms with Crippen LogP contribution >= 0.6 is 0 Å². The van der Waals surface area contributed by atoms with Crippen molar-refractivity contribution in [2.45, 2.75) is 82.7 Å². The molecule has 0 spiro atoms. The molecule has 0 rings (SSSR count). The monoisotopic (exact) mass is 334 g/mol. The van der Waals surface area contributed by atoms with E-state index in [2.05, 4.69) is 6.92 Å². The van der Waals surface area contributed by atoms with Crippen LogP contribution in [0.1, 0.15) is 58.3 Å². The van der Waals surface area contributed by atoms with E-state index in [-0.39, 0.29) is 6.42 Å². The van der Waals surface area contributed by atoms with Gasteiger partial charge in [-0.05, 0) is 6.42 Å². The molecule has 0 fully saturated rings. The van der Waals surface area contributed by atoms with Crippen molar-refractivity contribution in [1.82, 2.24) is 0 Å². The van der Waals surface area contributed by atoms with E-state index in [1.165, 1.54) is 12.8 Å². The number of unbranched alkanes of at least 4 members (excludes halogenated alkanes) is 6. The highest BCUT2D eigenvalue weighted by atomic mass is 16.4. The number of aliphatic hydroxyl groups is 5. The fourth-order valence-corrected chi connectivity index (χ4v) is 2.21. The molecule has 136 valence electrons. The van der Waals surface area contributed by atoms with Crippen LogP contribution in [0.15, 0.2) is 0 Å². The Hall–Kier alpha value is -0.860. The van der Waals surface area contributed by atoms with Crippen molar-refractivity contribution < 1.29 is 35.1 Å². The van der Waals surface area contributed by atoms with E-state index in [1.54, 1.807) is 0 Å². The Labute approximate surface area is 137 Å². The second kappa shape index (κ2) is 12.5. The summed E-state index contributed by atoms with van der Waals surface area (Å²) in [6.45, 7) is 1.24. The van der Waals surface area contributed by atoms with Crippen LogP contribution < -0.4 is 0 Å². The van der Waals surface area contributed by atoms with Crippen molar-refractivity contribution in [3.05, 3.63) is 0 Å². The van der Waals surface area contributed by atoms with Crippen LogP contribution in [0.5, 0.6) is 0 Å². The molecular weight excluding hydrogens is 304 g/mol. The fraction of sp³-hybridized carbons (Fsp3) is 0.875. The Bertz CT molecular complexity index is 345. The summed E-state index contributed by atoms with van der Waals surface area (Å²) in [5.74, 6) is -2.78. The number of ketones is 2. The summed E-state index contributed by atoms with van der Waals surface area (Å²) >= 11 is 0. The molecule has 0 aromatic carbocycles. The first-order valence-corrected chi connectivity index (χ1v) is 8.27. The number of hydrogen-bond donors (Lipinski definition) is 5. The third-order valence-corrected chi connectivity index (χ3v) is 3.80. The minimum Gasteiger partial charge on any atom is -0.394 e. The van der Waals surface area contributed by atoms with E-state index in [0.717, 1.165) is 25.7 Å². The summed E-state index contributed by atoms with van der Waals surface area (Å²) in [4.78, 5) is 23.2. The summed E-state index contributed by atoms with van der Waals surface area (Å²) in [6, 6.07) is 0. The standard InChI is InChI=1S/C16H30O7/c1-2-3-4-5-6-7-8-9-11(18)13(20)15(22)16(23)14(21)12(19)10-17/h11-14,17-21H,2-10H2,1H3/t11?,12-,13?,14+/m0/s1. The lowest BCUT2D eigenvalue weighted by Gasteiger charge is -2.19. The molecule has 0 aliphatic rings. The largest absolute Gasteiger partial charge is 0.394 e. The van der Waals surface area contributed by atoms with Crippen LogP contribution in [0.4, 0.5) is 0 Å². The van der Waals surface area contributed by atoms with Crippen molar-refractivity contribution in [3.8, 4) is 0 Å². The highest BCUT2D eigenvalue weighted by Crippen LogP contribution is 2.12. The van der Waals surface area contributed by atoms with Gasteiger partial charge in [0.05, 0.1) is 12.7 Å². The second-order valence-corrected chi connectivity index (χ2v) is 5.85. The van der Waals surface area contributed by atoms with Crippen LogP contribution in [0.25, 0.3) is 0 Å². The zero-order valence-electron chi connectivity index (χ0n) is 13.7. The Kier molecular flexibility index (Phi) is 12.1. The fourth-order valence-electron chi connectivity index (χ4n) is 2.21.